The Morgan fingerprint density at radius 1 is 1.39 bits per heavy atom. The van der Waals surface area contributed by atoms with Crippen molar-refractivity contribution in [3.63, 3.8) is 0 Å². The lowest BCUT2D eigenvalue weighted by Gasteiger charge is -2.23. The molecule has 1 aliphatic heterocycles. The summed E-state index contributed by atoms with van der Waals surface area (Å²) in [6.07, 6.45) is 0.523. The van der Waals surface area contributed by atoms with Crippen LogP contribution in [-0.4, -0.2) is 58.3 Å². The third kappa shape index (κ3) is 3.20. The van der Waals surface area contributed by atoms with Gasteiger partial charge < -0.3 is 20.4 Å². The average molecular weight is 258 g/mol. The number of carbonyl (C=O) groups is 2. The van der Waals surface area contributed by atoms with E-state index in [1.54, 1.807) is 6.92 Å². The van der Waals surface area contributed by atoms with Crippen molar-refractivity contribution < 1.29 is 19.8 Å². The zero-order valence-electron chi connectivity index (χ0n) is 10.9. The van der Waals surface area contributed by atoms with Gasteiger partial charge in [0.05, 0.1) is 24.8 Å². The fourth-order valence-electron chi connectivity index (χ4n) is 2.20. The maximum absolute atomic E-state index is 11.9. The van der Waals surface area contributed by atoms with Gasteiger partial charge in [-0.05, 0) is 6.42 Å². The van der Waals surface area contributed by atoms with Crippen LogP contribution in [0.3, 0.4) is 0 Å². The van der Waals surface area contributed by atoms with Crippen LogP contribution in [0.1, 0.15) is 33.1 Å². The van der Waals surface area contributed by atoms with Crippen LogP contribution < -0.4 is 5.32 Å². The minimum atomic E-state index is -0.911. The van der Waals surface area contributed by atoms with Crippen molar-refractivity contribution in [1.29, 1.82) is 0 Å². The fraction of sp³-hybridized carbons (Fsp3) is 0.833. The van der Waals surface area contributed by atoms with Crippen LogP contribution in [0.2, 0.25) is 0 Å². The topological polar surface area (TPSA) is 89.9 Å². The van der Waals surface area contributed by atoms with E-state index in [9.17, 15) is 19.8 Å². The van der Waals surface area contributed by atoms with Crippen LogP contribution in [-0.2, 0) is 9.59 Å². The molecule has 0 spiro atoms. The Labute approximate surface area is 107 Å². The number of hydrogen-bond donors (Lipinski definition) is 3. The molecule has 2 amide bonds. The van der Waals surface area contributed by atoms with Gasteiger partial charge in [-0.1, -0.05) is 13.8 Å². The first-order chi connectivity index (χ1) is 8.54. The second-order valence-electron chi connectivity index (χ2n) is 4.56. The highest BCUT2D eigenvalue weighted by atomic mass is 16.3. The van der Waals surface area contributed by atoms with Gasteiger partial charge in [0.25, 0.3) is 0 Å². The first-order valence-corrected chi connectivity index (χ1v) is 6.42. The van der Waals surface area contributed by atoms with Crippen molar-refractivity contribution in [3.8, 4) is 0 Å². The zero-order chi connectivity index (χ0) is 13.7. The predicted octanol–water partition coefficient (Wildman–Crippen LogP) is -0.755. The van der Waals surface area contributed by atoms with Crippen LogP contribution in [0, 0.1) is 0 Å². The van der Waals surface area contributed by atoms with Gasteiger partial charge in [-0.3, -0.25) is 9.59 Å². The lowest BCUT2D eigenvalue weighted by molar-refractivity contribution is -0.133. The summed E-state index contributed by atoms with van der Waals surface area (Å²) in [5.74, 6) is -0.260. The summed E-state index contributed by atoms with van der Waals surface area (Å²) in [5, 5.41) is 22.0. The molecule has 3 N–H and O–H groups in total. The molecule has 0 aromatic heterocycles. The molecule has 1 saturated heterocycles. The van der Waals surface area contributed by atoms with E-state index in [0.29, 0.717) is 12.8 Å². The van der Waals surface area contributed by atoms with Crippen molar-refractivity contribution in [2.45, 2.75) is 51.3 Å². The summed E-state index contributed by atoms with van der Waals surface area (Å²) in [6.45, 7) is 3.58. The minimum absolute atomic E-state index is 0.0937. The summed E-state index contributed by atoms with van der Waals surface area (Å²) in [6, 6.07) is -1.11. The summed E-state index contributed by atoms with van der Waals surface area (Å²) < 4.78 is 0. The number of hydrogen-bond acceptors (Lipinski definition) is 4. The average Bonchev–Trinajstić information content (AvgIpc) is 2.66. The summed E-state index contributed by atoms with van der Waals surface area (Å²) in [4.78, 5) is 24.6. The Hall–Kier alpha value is -1.14. The Balaban J connectivity index is 2.70. The Morgan fingerprint density at radius 2 is 2.06 bits per heavy atom. The number of likely N-dealkylation sites (tertiary alicyclic amines) is 1. The van der Waals surface area contributed by atoms with Gasteiger partial charge in [0.2, 0.25) is 11.8 Å². The Morgan fingerprint density at radius 3 is 2.56 bits per heavy atom. The quantitative estimate of drug-likeness (QED) is 0.605. The van der Waals surface area contributed by atoms with Crippen molar-refractivity contribution in [3.05, 3.63) is 0 Å². The Kier molecular flexibility index (Phi) is 5.55. The SMILES string of the molecule is CCCC(=O)N1CC(NC(=O)CC)C(O)C1CO. The van der Waals surface area contributed by atoms with Crippen molar-refractivity contribution in [1.82, 2.24) is 10.2 Å². The number of carbonyl (C=O) groups excluding carboxylic acids is 2. The first kappa shape index (κ1) is 14.9. The van der Waals surface area contributed by atoms with Crippen LogP contribution in [0.25, 0.3) is 0 Å². The molecule has 6 nitrogen and oxygen atoms in total. The fourth-order valence-corrected chi connectivity index (χ4v) is 2.20. The molecular weight excluding hydrogens is 236 g/mol. The lowest BCUT2D eigenvalue weighted by Crippen LogP contribution is -2.45. The molecule has 0 aliphatic carbocycles. The van der Waals surface area contributed by atoms with Crippen molar-refractivity contribution in [2.24, 2.45) is 0 Å². The molecule has 1 fully saturated rings. The lowest BCUT2D eigenvalue weighted by atomic mass is 10.1. The number of nitrogens with one attached hydrogen (secondary N) is 1. The summed E-state index contributed by atoms with van der Waals surface area (Å²) in [7, 11) is 0. The molecule has 18 heavy (non-hydrogen) atoms. The molecule has 6 heteroatoms. The van der Waals surface area contributed by atoms with Crippen LogP contribution in [0.5, 0.6) is 0 Å². The predicted molar refractivity (Wildman–Crippen MR) is 65.7 cm³/mol. The van der Waals surface area contributed by atoms with Crippen molar-refractivity contribution >= 4 is 11.8 Å². The van der Waals surface area contributed by atoms with Crippen LogP contribution in [0.15, 0.2) is 0 Å². The molecule has 0 aromatic rings. The molecule has 0 radical (unpaired) electrons. The van der Waals surface area contributed by atoms with E-state index in [-0.39, 0.29) is 25.0 Å². The second kappa shape index (κ2) is 6.70. The monoisotopic (exact) mass is 258 g/mol. The summed E-state index contributed by atoms with van der Waals surface area (Å²) in [5.41, 5.74) is 0. The van der Waals surface area contributed by atoms with E-state index < -0.39 is 18.2 Å². The maximum Gasteiger partial charge on any atom is 0.223 e. The van der Waals surface area contributed by atoms with Gasteiger partial charge in [-0.2, -0.15) is 0 Å². The molecule has 3 atom stereocenters. The number of rotatable bonds is 5. The first-order valence-electron chi connectivity index (χ1n) is 6.42. The second-order valence-corrected chi connectivity index (χ2v) is 4.56. The number of nitrogens with zero attached hydrogens (tertiary/aromatic N) is 1. The standard InChI is InChI=1S/C12H22N2O4/c1-3-5-11(17)14-6-8(13-10(16)4-2)12(18)9(14)7-15/h8-9,12,15,18H,3-7H2,1-2H3,(H,13,16). The van der Waals surface area contributed by atoms with E-state index >= 15 is 0 Å². The largest absolute Gasteiger partial charge is 0.394 e. The van der Waals surface area contributed by atoms with E-state index in [0.717, 1.165) is 6.42 Å². The van der Waals surface area contributed by atoms with Crippen LogP contribution in [0.4, 0.5) is 0 Å². The number of aliphatic hydroxyl groups is 2. The highest BCUT2D eigenvalue weighted by molar-refractivity contribution is 5.78. The highest BCUT2D eigenvalue weighted by Gasteiger charge is 2.42. The molecule has 1 heterocycles. The third-order valence-electron chi connectivity index (χ3n) is 3.24. The van der Waals surface area contributed by atoms with E-state index in [1.807, 2.05) is 6.92 Å². The minimum Gasteiger partial charge on any atom is -0.394 e. The van der Waals surface area contributed by atoms with Gasteiger partial charge in [-0.15, -0.1) is 0 Å². The molecular formula is C12H22N2O4. The van der Waals surface area contributed by atoms with E-state index in [4.69, 9.17) is 0 Å². The van der Waals surface area contributed by atoms with Crippen molar-refractivity contribution in [2.75, 3.05) is 13.2 Å². The molecule has 104 valence electrons. The number of amides is 2. The molecule has 1 rings (SSSR count). The van der Waals surface area contributed by atoms with Gasteiger partial charge in [0.15, 0.2) is 0 Å². The molecule has 0 aromatic carbocycles. The third-order valence-corrected chi connectivity index (χ3v) is 3.24. The number of aliphatic hydroxyl groups excluding tert-OH is 2. The van der Waals surface area contributed by atoms with E-state index in [1.165, 1.54) is 4.90 Å². The van der Waals surface area contributed by atoms with Gasteiger partial charge in [0.1, 0.15) is 0 Å². The van der Waals surface area contributed by atoms with Gasteiger partial charge in [0, 0.05) is 19.4 Å². The molecule has 0 saturated carbocycles. The normalized spacial score (nSPS) is 27.3. The molecule has 1 aliphatic rings. The van der Waals surface area contributed by atoms with Crippen LogP contribution >= 0.6 is 0 Å². The zero-order valence-corrected chi connectivity index (χ0v) is 10.9. The Bertz CT molecular complexity index is 308. The molecule has 0 bridgehead atoms. The smallest absolute Gasteiger partial charge is 0.223 e. The van der Waals surface area contributed by atoms with E-state index in [2.05, 4.69) is 5.32 Å². The summed E-state index contributed by atoms with van der Waals surface area (Å²) >= 11 is 0. The van der Waals surface area contributed by atoms with Gasteiger partial charge >= 0.3 is 0 Å². The van der Waals surface area contributed by atoms with Gasteiger partial charge in [-0.25, -0.2) is 0 Å². The maximum atomic E-state index is 11.9. The highest BCUT2D eigenvalue weighted by Crippen LogP contribution is 2.20. The molecule has 3 unspecified atom stereocenters.